The molecule has 0 unspecified atom stereocenters. The summed E-state index contributed by atoms with van der Waals surface area (Å²) < 4.78 is 11.0. The molecule has 146 valence electrons. The number of anilines is 1. The van der Waals surface area contributed by atoms with Crippen LogP contribution in [0.3, 0.4) is 0 Å². The first-order valence-electron chi connectivity index (χ1n) is 9.73. The zero-order valence-electron chi connectivity index (χ0n) is 16.2. The van der Waals surface area contributed by atoms with E-state index >= 15 is 0 Å². The third kappa shape index (κ3) is 4.46. The molecule has 4 aromatic rings. The first kappa shape index (κ1) is 18.7. The molecule has 0 aliphatic carbocycles. The predicted octanol–water partition coefficient (Wildman–Crippen LogP) is 5.93. The molecule has 29 heavy (non-hydrogen) atoms. The molecular formula is C24H22N2O3. The average molecular weight is 386 g/mol. The van der Waals surface area contributed by atoms with E-state index in [1.807, 2.05) is 66.7 Å². The van der Waals surface area contributed by atoms with Gasteiger partial charge in [0.2, 0.25) is 0 Å². The van der Waals surface area contributed by atoms with Gasteiger partial charge < -0.3 is 14.6 Å². The number of carbonyl (C=O) groups is 1. The minimum absolute atomic E-state index is 0.233. The fourth-order valence-corrected chi connectivity index (χ4v) is 3.03. The minimum atomic E-state index is -0.310. The van der Waals surface area contributed by atoms with Crippen molar-refractivity contribution in [3.8, 4) is 17.1 Å². The van der Waals surface area contributed by atoms with Gasteiger partial charge >= 0.3 is 0 Å². The molecule has 1 amide bonds. The van der Waals surface area contributed by atoms with Gasteiger partial charge in [-0.05, 0) is 53.6 Å². The van der Waals surface area contributed by atoms with E-state index in [0.29, 0.717) is 18.1 Å². The smallest absolute Gasteiger partial charge is 0.277 e. The second-order valence-corrected chi connectivity index (χ2v) is 6.82. The lowest BCUT2D eigenvalue weighted by Gasteiger charge is -2.05. The fourth-order valence-electron chi connectivity index (χ4n) is 3.03. The predicted molar refractivity (Wildman–Crippen MR) is 114 cm³/mol. The summed E-state index contributed by atoms with van der Waals surface area (Å²) >= 11 is 0. The largest absolute Gasteiger partial charge is 0.494 e. The summed E-state index contributed by atoms with van der Waals surface area (Å²) in [7, 11) is 0. The summed E-state index contributed by atoms with van der Waals surface area (Å²) in [6.07, 6.45) is 2.12. The van der Waals surface area contributed by atoms with E-state index in [2.05, 4.69) is 17.4 Å². The molecule has 5 nitrogen and oxygen atoms in total. The van der Waals surface area contributed by atoms with E-state index < -0.39 is 0 Å². The number of unbranched alkanes of at least 4 members (excludes halogenated alkanes) is 1. The third-order valence-electron chi connectivity index (χ3n) is 4.66. The van der Waals surface area contributed by atoms with Crippen molar-refractivity contribution in [2.45, 2.75) is 19.8 Å². The van der Waals surface area contributed by atoms with Crippen LogP contribution in [0.25, 0.3) is 22.1 Å². The lowest BCUT2D eigenvalue weighted by molar-refractivity contribution is 0.101. The molecule has 1 heterocycles. The van der Waals surface area contributed by atoms with E-state index in [0.717, 1.165) is 34.9 Å². The molecule has 5 heteroatoms. The zero-order valence-corrected chi connectivity index (χ0v) is 16.2. The molecule has 3 aromatic carbocycles. The van der Waals surface area contributed by atoms with E-state index in [4.69, 9.17) is 9.26 Å². The normalized spacial score (nSPS) is 10.8. The Hall–Kier alpha value is -3.60. The van der Waals surface area contributed by atoms with Crippen LogP contribution >= 0.6 is 0 Å². The first-order valence-corrected chi connectivity index (χ1v) is 9.73. The highest BCUT2D eigenvalue weighted by Gasteiger charge is 2.14. The van der Waals surface area contributed by atoms with Crippen LogP contribution in [0.4, 0.5) is 5.69 Å². The van der Waals surface area contributed by atoms with Crippen molar-refractivity contribution >= 4 is 22.4 Å². The number of nitrogens with one attached hydrogen (secondary N) is 1. The number of rotatable bonds is 7. The minimum Gasteiger partial charge on any atom is -0.494 e. The number of hydrogen-bond donors (Lipinski definition) is 1. The SMILES string of the molecule is CCCCOc1ccc(-c2cc(C(=O)Nc3ccc4ccccc4c3)no2)cc1. The molecule has 1 aromatic heterocycles. The molecule has 1 N–H and O–H groups in total. The van der Waals surface area contributed by atoms with Gasteiger partial charge in [-0.1, -0.05) is 48.8 Å². The Bertz CT molecular complexity index is 1120. The van der Waals surface area contributed by atoms with Crippen LogP contribution in [0.15, 0.2) is 77.3 Å². The number of hydrogen-bond acceptors (Lipinski definition) is 4. The highest BCUT2D eigenvalue weighted by molar-refractivity contribution is 6.04. The van der Waals surface area contributed by atoms with Crippen LogP contribution in [-0.4, -0.2) is 17.7 Å². The van der Waals surface area contributed by atoms with E-state index in [1.165, 1.54) is 0 Å². The van der Waals surface area contributed by atoms with Gasteiger partial charge in [-0.2, -0.15) is 0 Å². The van der Waals surface area contributed by atoms with Crippen molar-refractivity contribution < 1.29 is 14.1 Å². The van der Waals surface area contributed by atoms with Crippen LogP contribution in [-0.2, 0) is 0 Å². The highest BCUT2D eigenvalue weighted by Crippen LogP contribution is 2.24. The molecule has 4 rings (SSSR count). The molecule has 0 saturated carbocycles. The molecule has 0 saturated heterocycles. The van der Waals surface area contributed by atoms with Gasteiger partial charge in [0, 0.05) is 17.3 Å². The highest BCUT2D eigenvalue weighted by atomic mass is 16.5. The Morgan fingerprint density at radius 2 is 1.79 bits per heavy atom. The Morgan fingerprint density at radius 1 is 1.00 bits per heavy atom. The summed E-state index contributed by atoms with van der Waals surface area (Å²) in [4.78, 5) is 12.5. The maximum atomic E-state index is 12.5. The van der Waals surface area contributed by atoms with Crippen molar-refractivity contribution in [1.82, 2.24) is 5.16 Å². The van der Waals surface area contributed by atoms with E-state index in [1.54, 1.807) is 6.07 Å². The molecule has 0 radical (unpaired) electrons. The average Bonchev–Trinajstić information content (AvgIpc) is 3.25. The van der Waals surface area contributed by atoms with Gasteiger partial charge in [-0.15, -0.1) is 0 Å². The molecule has 0 spiro atoms. The number of benzene rings is 3. The summed E-state index contributed by atoms with van der Waals surface area (Å²) in [5.74, 6) is 1.04. The van der Waals surface area contributed by atoms with Crippen molar-refractivity contribution in [2.75, 3.05) is 11.9 Å². The van der Waals surface area contributed by atoms with Gasteiger partial charge in [-0.25, -0.2) is 0 Å². The maximum Gasteiger partial charge on any atom is 0.277 e. The summed E-state index contributed by atoms with van der Waals surface area (Å²) in [6, 6.07) is 23.0. The van der Waals surface area contributed by atoms with Crippen LogP contribution in [0, 0.1) is 0 Å². The lowest BCUT2D eigenvalue weighted by atomic mass is 10.1. The monoisotopic (exact) mass is 386 g/mol. The Morgan fingerprint density at radius 3 is 2.59 bits per heavy atom. The first-order chi connectivity index (χ1) is 14.2. The van der Waals surface area contributed by atoms with Crippen LogP contribution in [0.5, 0.6) is 5.75 Å². The molecular weight excluding hydrogens is 364 g/mol. The van der Waals surface area contributed by atoms with Crippen LogP contribution < -0.4 is 10.1 Å². The quantitative estimate of drug-likeness (QED) is 0.400. The molecule has 0 aliphatic heterocycles. The van der Waals surface area contributed by atoms with Gasteiger partial charge in [-0.3, -0.25) is 4.79 Å². The summed E-state index contributed by atoms with van der Waals surface area (Å²) in [5.41, 5.74) is 1.79. The van der Waals surface area contributed by atoms with Gasteiger partial charge in [0.05, 0.1) is 6.61 Å². The standard InChI is InChI=1S/C24H22N2O3/c1-2-3-14-28-21-12-9-18(10-13-21)23-16-22(26-29-23)24(27)25-20-11-8-17-6-4-5-7-19(17)15-20/h4-13,15-16H,2-3,14H2,1H3,(H,25,27). The van der Waals surface area contributed by atoms with Crippen molar-refractivity contribution in [2.24, 2.45) is 0 Å². The van der Waals surface area contributed by atoms with Crippen LogP contribution in [0.1, 0.15) is 30.3 Å². The third-order valence-corrected chi connectivity index (χ3v) is 4.66. The van der Waals surface area contributed by atoms with Gasteiger partial charge in [0.1, 0.15) is 5.75 Å². The lowest BCUT2D eigenvalue weighted by Crippen LogP contribution is -2.12. The van der Waals surface area contributed by atoms with Gasteiger partial charge in [0.25, 0.3) is 5.91 Å². The molecule has 0 bridgehead atoms. The Balaban J connectivity index is 1.44. The Labute approximate surface area is 169 Å². The summed E-state index contributed by atoms with van der Waals surface area (Å²) in [6.45, 7) is 2.83. The van der Waals surface area contributed by atoms with E-state index in [9.17, 15) is 4.79 Å². The maximum absolute atomic E-state index is 12.5. The molecule has 0 fully saturated rings. The number of nitrogens with zero attached hydrogens (tertiary/aromatic N) is 1. The number of carbonyl (C=O) groups excluding carboxylic acids is 1. The number of ether oxygens (including phenoxy) is 1. The second-order valence-electron chi connectivity index (χ2n) is 6.82. The van der Waals surface area contributed by atoms with Crippen molar-refractivity contribution in [3.63, 3.8) is 0 Å². The topological polar surface area (TPSA) is 64.4 Å². The van der Waals surface area contributed by atoms with Crippen molar-refractivity contribution in [3.05, 3.63) is 78.5 Å². The van der Waals surface area contributed by atoms with E-state index in [-0.39, 0.29) is 11.6 Å². The number of fused-ring (bicyclic) bond motifs is 1. The fraction of sp³-hybridized carbons (Fsp3) is 0.167. The summed E-state index contributed by atoms with van der Waals surface area (Å²) in [5, 5.41) is 8.97. The van der Waals surface area contributed by atoms with Crippen molar-refractivity contribution in [1.29, 1.82) is 0 Å². The Kier molecular flexibility index (Phi) is 5.56. The molecule has 0 aliphatic rings. The number of aromatic nitrogens is 1. The van der Waals surface area contributed by atoms with Gasteiger partial charge in [0.15, 0.2) is 11.5 Å². The van der Waals surface area contributed by atoms with Crippen LogP contribution in [0.2, 0.25) is 0 Å². The zero-order chi connectivity index (χ0) is 20.1. The molecule has 0 atom stereocenters. The second kappa shape index (κ2) is 8.61. The number of amides is 1.